The Morgan fingerprint density at radius 2 is 1.77 bits per heavy atom. The second-order valence-electron chi connectivity index (χ2n) is 15.7. The number of ether oxygens (including phenoxy) is 3. The number of nitrogens with one attached hydrogen (secondary N) is 3. The van der Waals surface area contributed by atoms with Crippen LogP contribution in [0.1, 0.15) is 77.8 Å². The van der Waals surface area contributed by atoms with Crippen molar-refractivity contribution in [3.05, 3.63) is 30.0 Å². The average molecular weight is 825 g/mol. The standard InChI is InChI=1S/C37H47F3N6O10S/c1-6-20-13-19(2)9-7-8-10-21-17-36(21,33(49)45-57(52,53)35(3)11-12-35)44-30(47)25-14-22(18-46(25)32(48)28(20)43-34(50)51)56-27-16-24-23(15-26(27)54-4)41-29(37(38,39)40)31(42-24)55-5/h8,10,15-16,19-22,25,28,43H,6-7,9,11-14,17-18H2,1-5H3,(H,44,47)(H,45,49)(H,50,51)/t19-,20-,21-,22-,25+,28+,36-/m1/s1. The van der Waals surface area contributed by atoms with E-state index in [1.54, 1.807) is 6.08 Å². The summed E-state index contributed by atoms with van der Waals surface area (Å²) in [6.07, 6.45) is -0.785. The zero-order valence-electron chi connectivity index (χ0n) is 32.1. The lowest BCUT2D eigenvalue weighted by atomic mass is 9.85. The quantitative estimate of drug-likeness (QED) is 0.265. The molecule has 57 heavy (non-hydrogen) atoms. The second kappa shape index (κ2) is 15.5. The number of nitrogens with zero attached hydrogens (tertiary/aromatic N) is 3. The number of aromatic nitrogens is 2. The molecule has 0 bridgehead atoms. The van der Waals surface area contributed by atoms with Crippen molar-refractivity contribution >= 4 is 44.9 Å². The highest BCUT2D eigenvalue weighted by Gasteiger charge is 2.63. The summed E-state index contributed by atoms with van der Waals surface area (Å²) in [7, 11) is -1.80. The average Bonchev–Trinajstić information content (AvgIpc) is 4.03. The van der Waals surface area contributed by atoms with Gasteiger partial charge in [0.1, 0.15) is 23.7 Å². The van der Waals surface area contributed by atoms with Crippen molar-refractivity contribution in [2.75, 3.05) is 20.8 Å². The second-order valence-corrected chi connectivity index (χ2v) is 17.8. The Hall–Kier alpha value is -4.88. The summed E-state index contributed by atoms with van der Waals surface area (Å²) in [5.41, 5.74) is -3.22. The number of carbonyl (C=O) groups is 4. The number of alkyl halides is 3. The fraction of sp³-hybridized carbons (Fsp3) is 0.622. The Bertz CT molecular complexity index is 2080. The van der Waals surface area contributed by atoms with Gasteiger partial charge in [0, 0.05) is 24.5 Å². The van der Waals surface area contributed by atoms with E-state index in [4.69, 9.17) is 14.2 Å². The van der Waals surface area contributed by atoms with Gasteiger partial charge in [0.15, 0.2) is 11.5 Å². The summed E-state index contributed by atoms with van der Waals surface area (Å²) in [4.78, 5) is 63.8. The normalized spacial score (nSPS) is 28.9. The largest absolute Gasteiger partial charge is 0.493 e. The van der Waals surface area contributed by atoms with Crippen LogP contribution in [0.5, 0.6) is 17.4 Å². The van der Waals surface area contributed by atoms with Gasteiger partial charge in [-0.25, -0.2) is 23.2 Å². The molecule has 1 saturated heterocycles. The molecule has 2 aromatic rings. The van der Waals surface area contributed by atoms with E-state index < -0.39 is 91.9 Å². The van der Waals surface area contributed by atoms with Crippen LogP contribution in [0, 0.1) is 17.8 Å². The molecule has 4 aliphatic rings. The number of methoxy groups -OCH3 is 2. The van der Waals surface area contributed by atoms with Crippen LogP contribution in [0.2, 0.25) is 0 Å². The van der Waals surface area contributed by atoms with E-state index in [2.05, 4.69) is 25.3 Å². The molecule has 1 aromatic heterocycles. The van der Waals surface area contributed by atoms with Gasteiger partial charge in [0.25, 0.3) is 5.91 Å². The van der Waals surface area contributed by atoms with Gasteiger partial charge in [-0.15, -0.1) is 0 Å². The Morgan fingerprint density at radius 1 is 1.09 bits per heavy atom. The monoisotopic (exact) mass is 824 g/mol. The van der Waals surface area contributed by atoms with E-state index in [1.807, 2.05) is 19.9 Å². The summed E-state index contributed by atoms with van der Waals surface area (Å²) >= 11 is 0. The molecule has 4 N–H and O–H groups in total. The van der Waals surface area contributed by atoms with E-state index >= 15 is 0 Å². The number of halogens is 3. The number of benzene rings is 1. The fourth-order valence-corrected chi connectivity index (χ4v) is 9.07. The molecule has 3 heterocycles. The van der Waals surface area contributed by atoms with E-state index in [1.165, 1.54) is 31.1 Å². The first-order valence-electron chi connectivity index (χ1n) is 18.8. The number of carbonyl (C=O) groups excluding carboxylic acids is 3. The first-order valence-corrected chi connectivity index (χ1v) is 20.3. The lowest BCUT2D eigenvalue weighted by molar-refractivity contribution is -0.142. The van der Waals surface area contributed by atoms with Crippen LogP contribution in [-0.2, 0) is 30.6 Å². The van der Waals surface area contributed by atoms with Crippen LogP contribution in [0.3, 0.4) is 0 Å². The van der Waals surface area contributed by atoms with Crippen molar-refractivity contribution in [1.82, 2.24) is 30.2 Å². The zero-order valence-corrected chi connectivity index (χ0v) is 33.0. The van der Waals surface area contributed by atoms with Crippen molar-refractivity contribution in [3.8, 4) is 17.4 Å². The lowest BCUT2D eigenvalue weighted by Gasteiger charge is -2.33. The number of sulfonamides is 1. The van der Waals surface area contributed by atoms with Gasteiger partial charge in [-0.2, -0.15) is 13.2 Å². The number of hydrogen-bond acceptors (Lipinski definition) is 11. The van der Waals surface area contributed by atoms with Gasteiger partial charge in [0.05, 0.1) is 36.5 Å². The molecule has 312 valence electrons. The zero-order chi connectivity index (χ0) is 41.7. The van der Waals surface area contributed by atoms with Crippen molar-refractivity contribution in [1.29, 1.82) is 0 Å². The van der Waals surface area contributed by atoms with Gasteiger partial charge < -0.3 is 34.9 Å². The minimum atomic E-state index is -4.87. The fourth-order valence-electron chi connectivity index (χ4n) is 7.75. The first kappa shape index (κ1) is 41.7. The highest BCUT2D eigenvalue weighted by Crippen LogP contribution is 2.48. The van der Waals surface area contributed by atoms with Crippen LogP contribution < -0.4 is 29.6 Å². The SMILES string of the molecule is CC[C@@H]1C[C@H](C)CCC=C[C@@H]2C[C@@]2(C(=O)NS(=O)(=O)C2(C)CC2)NC(=O)[C@@H]2C[C@@H](Oc3cc4nc(OC)c(C(F)(F)F)nc4cc3OC)CN2C(=O)[C@H]1NC(=O)O. The summed E-state index contributed by atoms with van der Waals surface area (Å²) in [6, 6.07) is -0.112. The number of rotatable bonds is 9. The summed E-state index contributed by atoms with van der Waals surface area (Å²) < 4.78 is 85.0. The van der Waals surface area contributed by atoms with E-state index in [9.17, 15) is 45.9 Å². The predicted molar refractivity (Wildman–Crippen MR) is 197 cm³/mol. The van der Waals surface area contributed by atoms with Crippen molar-refractivity contribution in [3.63, 3.8) is 0 Å². The van der Waals surface area contributed by atoms with Crippen LogP contribution in [-0.4, -0.2) is 101 Å². The molecule has 3 fully saturated rings. The van der Waals surface area contributed by atoms with E-state index in [0.29, 0.717) is 38.5 Å². The van der Waals surface area contributed by atoms with Crippen LogP contribution in [0.25, 0.3) is 11.0 Å². The molecule has 0 unspecified atom stereocenters. The summed E-state index contributed by atoms with van der Waals surface area (Å²) in [5.74, 6) is -4.18. The predicted octanol–water partition coefficient (Wildman–Crippen LogP) is 3.93. The maximum absolute atomic E-state index is 14.6. The van der Waals surface area contributed by atoms with Crippen LogP contribution >= 0.6 is 0 Å². The molecular weight excluding hydrogens is 778 g/mol. The maximum Gasteiger partial charge on any atom is 0.438 e. The summed E-state index contributed by atoms with van der Waals surface area (Å²) in [5, 5.41) is 15.0. The molecule has 20 heteroatoms. The molecule has 0 radical (unpaired) electrons. The van der Waals surface area contributed by atoms with Gasteiger partial charge in [-0.1, -0.05) is 32.4 Å². The molecule has 16 nitrogen and oxygen atoms in total. The topological polar surface area (TPSA) is 215 Å². The molecule has 4 amide bonds. The molecule has 6 rings (SSSR count). The van der Waals surface area contributed by atoms with Crippen LogP contribution in [0.15, 0.2) is 24.3 Å². The minimum absolute atomic E-state index is 0.01000. The molecule has 2 aliphatic heterocycles. The Balaban J connectivity index is 1.37. The first-order chi connectivity index (χ1) is 26.8. The van der Waals surface area contributed by atoms with Gasteiger partial charge in [-0.05, 0) is 57.3 Å². The Kier molecular flexibility index (Phi) is 11.3. The van der Waals surface area contributed by atoms with Gasteiger partial charge in [-0.3, -0.25) is 19.1 Å². The Morgan fingerprint density at radius 3 is 2.39 bits per heavy atom. The Labute approximate surface area is 327 Å². The third-order valence-corrected chi connectivity index (χ3v) is 13.7. The minimum Gasteiger partial charge on any atom is -0.493 e. The molecular formula is C37H47F3N6O10S. The van der Waals surface area contributed by atoms with E-state index in [-0.39, 0.29) is 47.8 Å². The highest BCUT2D eigenvalue weighted by atomic mass is 32.2. The third-order valence-electron chi connectivity index (χ3n) is 11.6. The molecule has 0 spiro atoms. The molecule has 2 aliphatic carbocycles. The molecule has 1 aromatic carbocycles. The highest BCUT2D eigenvalue weighted by molar-refractivity contribution is 7.91. The van der Waals surface area contributed by atoms with Crippen LogP contribution in [0.4, 0.5) is 18.0 Å². The van der Waals surface area contributed by atoms with Crippen molar-refractivity contribution < 1.29 is 60.1 Å². The van der Waals surface area contributed by atoms with E-state index in [0.717, 1.165) is 7.11 Å². The number of amides is 4. The number of allylic oxidation sites excluding steroid dienone is 1. The summed E-state index contributed by atoms with van der Waals surface area (Å²) in [6.45, 7) is 5.10. The van der Waals surface area contributed by atoms with Crippen molar-refractivity contribution in [2.24, 2.45) is 17.8 Å². The third kappa shape index (κ3) is 8.41. The number of carboxylic acid groups (broad SMARTS) is 1. The molecule has 2 saturated carbocycles. The smallest absolute Gasteiger partial charge is 0.438 e. The number of hydrogen-bond donors (Lipinski definition) is 4. The van der Waals surface area contributed by atoms with Gasteiger partial charge >= 0.3 is 12.3 Å². The molecule has 7 atom stereocenters. The van der Waals surface area contributed by atoms with Gasteiger partial charge in [0.2, 0.25) is 33.4 Å². The maximum atomic E-state index is 14.6. The van der Waals surface area contributed by atoms with Crippen molar-refractivity contribution in [2.45, 2.75) is 107 Å². The lowest BCUT2D eigenvalue weighted by Crippen LogP contribution is -2.59. The number of fused-ring (bicyclic) bond motifs is 3.